The lowest BCUT2D eigenvalue weighted by Gasteiger charge is -2.10. The van der Waals surface area contributed by atoms with Crippen LogP contribution < -0.4 is 0 Å². The highest BCUT2D eigenvalue weighted by Crippen LogP contribution is 2.20. The lowest BCUT2D eigenvalue weighted by atomic mass is 10.1. The van der Waals surface area contributed by atoms with Crippen molar-refractivity contribution in [1.29, 1.82) is 0 Å². The van der Waals surface area contributed by atoms with Gasteiger partial charge in [-0.3, -0.25) is 0 Å². The van der Waals surface area contributed by atoms with Crippen molar-refractivity contribution < 1.29 is 9.50 Å². The van der Waals surface area contributed by atoms with Crippen molar-refractivity contribution in [1.82, 2.24) is 0 Å². The van der Waals surface area contributed by atoms with E-state index in [9.17, 15) is 9.50 Å². The van der Waals surface area contributed by atoms with Gasteiger partial charge in [0.05, 0.1) is 11.1 Å². The van der Waals surface area contributed by atoms with Crippen molar-refractivity contribution in [3.63, 3.8) is 0 Å². The summed E-state index contributed by atoms with van der Waals surface area (Å²) < 4.78 is 13.3. The van der Waals surface area contributed by atoms with E-state index in [1.165, 1.54) is 12.1 Å². The second-order valence-corrected chi connectivity index (χ2v) is 5.73. The zero-order valence-electron chi connectivity index (χ0n) is 10.2. The first-order valence-electron chi connectivity index (χ1n) is 5.95. The van der Waals surface area contributed by atoms with Gasteiger partial charge in [-0.2, -0.15) is 0 Å². The SMILES string of the molecule is OC(CSc1ccccc1)Cc1ccc(Cl)c(F)c1. The van der Waals surface area contributed by atoms with Crippen LogP contribution in [-0.4, -0.2) is 17.0 Å². The molecule has 0 aliphatic carbocycles. The van der Waals surface area contributed by atoms with Gasteiger partial charge >= 0.3 is 0 Å². The van der Waals surface area contributed by atoms with Gasteiger partial charge in [-0.1, -0.05) is 35.9 Å². The largest absolute Gasteiger partial charge is 0.392 e. The number of aliphatic hydroxyl groups is 1. The molecule has 0 aliphatic heterocycles. The zero-order chi connectivity index (χ0) is 13.7. The second kappa shape index (κ2) is 6.94. The molecular formula is C15H14ClFOS. The van der Waals surface area contributed by atoms with E-state index in [1.807, 2.05) is 30.3 Å². The summed E-state index contributed by atoms with van der Waals surface area (Å²) in [6, 6.07) is 14.5. The van der Waals surface area contributed by atoms with E-state index in [-0.39, 0.29) is 5.02 Å². The normalized spacial score (nSPS) is 12.4. The third-order valence-electron chi connectivity index (χ3n) is 2.64. The van der Waals surface area contributed by atoms with Gasteiger partial charge in [0.15, 0.2) is 0 Å². The van der Waals surface area contributed by atoms with Crippen LogP contribution in [0, 0.1) is 5.82 Å². The molecule has 0 bridgehead atoms. The van der Waals surface area contributed by atoms with Gasteiger partial charge in [0.2, 0.25) is 0 Å². The number of benzene rings is 2. The monoisotopic (exact) mass is 296 g/mol. The van der Waals surface area contributed by atoms with E-state index in [1.54, 1.807) is 17.8 Å². The van der Waals surface area contributed by atoms with E-state index in [4.69, 9.17) is 11.6 Å². The summed E-state index contributed by atoms with van der Waals surface area (Å²) in [7, 11) is 0. The summed E-state index contributed by atoms with van der Waals surface area (Å²) in [5, 5.41) is 10.1. The van der Waals surface area contributed by atoms with Crippen LogP contribution in [-0.2, 0) is 6.42 Å². The molecule has 2 rings (SSSR count). The van der Waals surface area contributed by atoms with Gasteiger partial charge < -0.3 is 5.11 Å². The van der Waals surface area contributed by atoms with Crippen LogP contribution in [0.4, 0.5) is 4.39 Å². The minimum absolute atomic E-state index is 0.108. The molecule has 1 atom stereocenters. The molecule has 19 heavy (non-hydrogen) atoms. The maximum Gasteiger partial charge on any atom is 0.142 e. The number of halogens is 2. The standard InChI is InChI=1S/C15H14ClFOS/c16-14-7-6-11(9-15(14)17)8-12(18)10-19-13-4-2-1-3-5-13/h1-7,9,12,18H,8,10H2. The molecule has 0 saturated heterocycles. The summed E-state index contributed by atoms with van der Waals surface area (Å²) in [4.78, 5) is 1.11. The Balaban J connectivity index is 1.87. The first-order chi connectivity index (χ1) is 9.15. The fourth-order valence-corrected chi connectivity index (χ4v) is 2.68. The average molecular weight is 297 g/mol. The highest BCUT2D eigenvalue weighted by atomic mass is 35.5. The van der Waals surface area contributed by atoms with Crippen molar-refractivity contribution in [2.45, 2.75) is 17.4 Å². The Labute approximate surface area is 121 Å². The molecule has 0 amide bonds. The second-order valence-electron chi connectivity index (χ2n) is 4.23. The number of hydrogen-bond acceptors (Lipinski definition) is 2. The number of thioether (sulfide) groups is 1. The van der Waals surface area contributed by atoms with Crippen LogP contribution >= 0.6 is 23.4 Å². The molecule has 1 N–H and O–H groups in total. The molecule has 1 nitrogen and oxygen atoms in total. The molecule has 2 aromatic carbocycles. The third-order valence-corrected chi connectivity index (χ3v) is 4.10. The molecule has 0 spiro atoms. The van der Waals surface area contributed by atoms with Crippen LogP contribution in [0.15, 0.2) is 53.4 Å². The molecule has 100 valence electrons. The van der Waals surface area contributed by atoms with E-state index < -0.39 is 11.9 Å². The molecule has 0 aromatic heterocycles. The van der Waals surface area contributed by atoms with Crippen molar-refractivity contribution in [3.05, 3.63) is 64.9 Å². The van der Waals surface area contributed by atoms with Gasteiger partial charge in [0, 0.05) is 10.6 Å². The lowest BCUT2D eigenvalue weighted by Crippen LogP contribution is -2.13. The average Bonchev–Trinajstić information content (AvgIpc) is 2.42. The van der Waals surface area contributed by atoms with Gasteiger partial charge in [-0.15, -0.1) is 11.8 Å². The Morgan fingerprint density at radius 2 is 1.89 bits per heavy atom. The molecular weight excluding hydrogens is 283 g/mol. The van der Waals surface area contributed by atoms with Gasteiger partial charge in [0.25, 0.3) is 0 Å². The molecule has 0 saturated carbocycles. The number of rotatable bonds is 5. The molecule has 0 radical (unpaired) electrons. The fourth-order valence-electron chi connectivity index (χ4n) is 1.71. The van der Waals surface area contributed by atoms with Crippen LogP contribution in [0.25, 0.3) is 0 Å². The summed E-state index contributed by atoms with van der Waals surface area (Å²) in [5.74, 6) is 0.135. The molecule has 0 fully saturated rings. The van der Waals surface area contributed by atoms with E-state index in [0.29, 0.717) is 12.2 Å². The maximum absolute atomic E-state index is 13.3. The first kappa shape index (κ1) is 14.4. The quantitative estimate of drug-likeness (QED) is 0.836. The topological polar surface area (TPSA) is 20.2 Å². The van der Waals surface area contributed by atoms with E-state index >= 15 is 0 Å². The molecule has 1 unspecified atom stereocenters. The van der Waals surface area contributed by atoms with Gasteiger partial charge in [0.1, 0.15) is 5.82 Å². The van der Waals surface area contributed by atoms with Crippen LogP contribution in [0.3, 0.4) is 0 Å². The maximum atomic E-state index is 13.3. The predicted molar refractivity (Wildman–Crippen MR) is 78.3 cm³/mol. The highest BCUT2D eigenvalue weighted by molar-refractivity contribution is 7.99. The van der Waals surface area contributed by atoms with Crippen molar-refractivity contribution in [3.8, 4) is 0 Å². The Hall–Kier alpha value is -1.03. The van der Waals surface area contributed by atoms with Crippen molar-refractivity contribution >= 4 is 23.4 Å². The summed E-state index contributed by atoms with van der Waals surface area (Å²) in [5.41, 5.74) is 0.753. The first-order valence-corrected chi connectivity index (χ1v) is 7.31. The Morgan fingerprint density at radius 3 is 2.58 bits per heavy atom. The number of aliphatic hydroxyl groups excluding tert-OH is 1. The Kier molecular flexibility index (Phi) is 5.25. The summed E-state index contributed by atoms with van der Waals surface area (Å²) in [6.07, 6.45) is -0.0840. The summed E-state index contributed by atoms with van der Waals surface area (Å²) >= 11 is 7.20. The molecule has 2 aromatic rings. The van der Waals surface area contributed by atoms with Crippen molar-refractivity contribution in [2.24, 2.45) is 0 Å². The Morgan fingerprint density at radius 1 is 1.16 bits per heavy atom. The Bertz CT molecular complexity index is 533. The fraction of sp³-hybridized carbons (Fsp3) is 0.200. The van der Waals surface area contributed by atoms with E-state index in [0.717, 1.165) is 10.5 Å². The molecule has 4 heteroatoms. The summed E-state index contributed by atoms with van der Waals surface area (Å²) in [6.45, 7) is 0. The van der Waals surface area contributed by atoms with Gasteiger partial charge in [-0.25, -0.2) is 4.39 Å². The minimum atomic E-state index is -0.509. The van der Waals surface area contributed by atoms with E-state index in [2.05, 4.69) is 0 Å². The highest BCUT2D eigenvalue weighted by Gasteiger charge is 2.08. The van der Waals surface area contributed by atoms with Crippen LogP contribution in [0.2, 0.25) is 5.02 Å². The predicted octanol–water partition coefficient (Wildman–Crippen LogP) is 4.17. The molecule has 0 heterocycles. The third kappa shape index (κ3) is 4.53. The molecule has 0 aliphatic rings. The number of hydrogen-bond donors (Lipinski definition) is 1. The lowest BCUT2D eigenvalue weighted by molar-refractivity contribution is 0.200. The zero-order valence-corrected chi connectivity index (χ0v) is 11.8. The van der Waals surface area contributed by atoms with Crippen molar-refractivity contribution in [2.75, 3.05) is 5.75 Å². The van der Waals surface area contributed by atoms with Crippen LogP contribution in [0.5, 0.6) is 0 Å². The smallest absolute Gasteiger partial charge is 0.142 e. The van der Waals surface area contributed by atoms with Crippen LogP contribution in [0.1, 0.15) is 5.56 Å². The minimum Gasteiger partial charge on any atom is -0.392 e. The van der Waals surface area contributed by atoms with Gasteiger partial charge in [-0.05, 0) is 36.2 Å².